The number of halogens is 1. The minimum atomic E-state index is -0.603. The monoisotopic (exact) mass is 285 g/mol. The molecule has 0 aliphatic heterocycles. The average molecular weight is 285 g/mol. The molecule has 2 rings (SSSR count). The fourth-order valence-corrected chi connectivity index (χ4v) is 1.98. The Bertz CT molecular complexity index is 640. The van der Waals surface area contributed by atoms with E-state index in [4.69, 9.17) is 15.7 Å². The summed E-state index contributed by atoms with van der Waals surface area (Å²) in [5.41, 5.74) is 6.97. The van der Waals surface area contributed by atoms with Gasteiger partial charge in [0.1, 0.15) is 23.7 Å². The molecule has 1 aromatic heterocycles. The third-order valence-corrected chi connectivity index (χ3v) is 3.22. The van der Waals surface area contributed by atoms with E-state index in [2.05, 4.69) is 4.98 Å². The number of hydrogen-bond donors (Lipinski definition) is 1. The molecule has 2 atom stereocenters. The minimum absolute atomic E-state index is 0.0115. The number of nitriles is 1. The van der Waals surface area contributed by atoms with Crippen molar-refractivity contribution >= 4 is 0 Å². The summed E-state index contributed by atoms with van der Waals surface area (Å²) in [6, 6.07) is 9.35. The quantitative estimate of drug-likeness (QED) is 0.916. The summed E-state index contributed by atoms with van der Waals surface area (Å²) < 4.78 is 19.5. The molecule has 0 aliphatic rings. The Kier molecular flexibility index (Phi) is 4.85. The van der Waals surface area contributed by atoms with Gasteiger partial charge in [-0.15, -0.1) is 0 Å². The van der Waals surface area contributed by atoms with Crippen LogP contribution in [0.1, 0.15) is 30.6 Å². The van der Waals surface area contributed by atoms with Gasteiger partial charge in [0.15, 0.2) is 0 Å². The van der Waals surface area contributed by atoms with Crippen LogP contribution in [-0.2, 0) is 0 Å². The van der Waals surface area contributed by atoms with E-state index in [0.29, 0.717) is 12.2 Å². The lowest BCUT2D eigenvalue weighted by molar-refractivity contribution is 0.170. The van der Waals surface area contributed by atoms with Gasteiger partial charge >= 0.3 is 0 Å². The topological polar surface area (TPSA) is 71.9 Å². The van der Waals surface area contributed by atoms with Crippen molar-refractivity contribution in [1.29, 1.82) is 5.26 Å². The van der Waals surface area contributed by atoms with Crippen LogP contribution >= 0.6 is 0 Å². The molecule has 5 heteroatoms. The minimum Gasteiger partial charge on any atom is -0.484 e. The van der Waals surface area contributed by atoms with Gasteiger partial charge in [-0.25, -0.2) is 4.39 Å². The van der Waals surface area contributed by atoms with Gasteiger partial charge in [0.25, 0.3) is 0 Å². The molecule has 1 aromatic carbocycles. The van der Waals surface area contributed by atoms with E-state index in [1.807, 2.05) is 19.1 Å². The fourth-order valence-electron chi connectivity index (χ4n) is 1.98. The summed E-state index contributed by atoms with van der Waals surface area (Å²) in [6.45, 7) is 1.96. The number of ether oxygens (including phenoxy) is 1. The van der Waals surface area contributed by atoms with Crippen LogP contribution < -0.4 is 10.5 Å². The highest BCUT2D eigenvalue weighted by atomic mass is 19.1. The third kappa shape index (κ3) is 3.56. The molecule has 0 amide bonds. The van der Waals surface area contributed by atoms with Gasteiger partial charge in [0.2, 0.25) is 0 Å². The normalized spacial score (nSPS) is 13.2. The Morgan fingerprint density at radius 1 is 1.33 bits per heavy atom. The number of benzene rings is 1. The van der Waals surface area contributed by atoms with Crippen LogP contribution in [0.5, 0.6) is 5.75 Å². The second-order valence-corrected chi connectivity index (χ2v) is 4.64. The maximum absolute atomic E-state index is 13.6. The zero-order chi connectivity index (χ0) is 15.2. The number of aromatic nitrogens is 1. The molecule has 0 fully saturated rings. The molecule has 0 radical (unpaired) electrons. The Morgan fingerprint density at radius 2 is 2.05 bits per heavy atom. The Hall–Kier alpha value is -2.45. The Labute approximate surface area is 123 Å². The van der Waals surface area contributed by atoms with Crippen molar-refractivity contribution in [3.63, 3.8) is 0 Å². The molecule has 1 heterocycles. The summed E-state index contributed by atoms with van der Waals surface area (Å²) in [6.07, 6.45) is 3.64. The summed E-state index contributed by atoms with van der Waals surface area (Å²) >= 11 is 0. The van der Waals surface area contributed by atoms with Gasteiger partial charge in [0.05, 0.1) is 5.56 Å². The van der Waals surface area contributed by atoms with E-state index in [9.17, 15) is 4.39 Å². The maximum atomic E-state index is 13.6. The van der Waals surface area contributed by atoms with E-state index in [1.165, 1.54) is 12.1 Å². The first kappa shape index (κ1) is 14.9. The number of nitrogens with two attached hydrogens (primary N) is 1. The molecule has 2 unspecified atom stereocenters. The maximum Gasteiger partial charge on any atom is 0.144 e. The average Bonchev–Trinajstić information content (AvgIpc) is 2.53. The predicted molar refractivity (Wildman–Crippen MR) is 77.0 cm³/mol. The van der Waals surface area contributed by atoms with E-state index >= 15 is 0 Å². The fraction of sp³-hybridized carbons (Fsp3) is 0.250. The van der Waals surface area contributed by atoms with E-state index in [1.54, 1.807) is 24.5 Å². The van der Waals surface area contributed by atoms with Crippen molar-refractivity contribution in [3.05, 3.63) is 59.7 Å². The number of pyridine rings is 1. The summed E-state index contributed by atoms with van der Waals surface area (Å²) in [7, 11) is 0. The number of rotatable bonds is 5. The first-order valence-electron chi connectivity index (χ1n) is 6.67. The highest BCUT2D eigenvalue weighted by molar-refractivity contribution is 5.36. The standard InChI is InChI=1S/C16H16FN3O/c1-2-15(19)16(11-5-7-20-8-6-11)21-13-4-3-12(10-18)14(17)9-13/h3-9,15-16H,2,19H2,1H3. The van der Waals surface area contributed by atoms with Crippen molar-refractivity contribution in [2.24, 2.45) is 5.73 Å². The molecular formula is C16H16FN3O. The Balaban J connectivity index is 2.28. The summed E-state index contributed by atoms with van der Waals surface area (Å²) in [4.78, 5) is 3.96. The van der Waals surface area contributed by atoms with Crippen molar-refractivity contribution < 1.29 is 9.13 Å². The molecule has 4 nitrogen and oxygen atoms in total. The molecular weight excluding hydrogens is 269 g/mol. The second-order valence-electron chi connectivity index (χ2n) is 4.64. The molecule has 2 N–H and O–H groups in total. The van der Waals surface area contributed by atoms with Gasteiger partial charge in [0, 0.05) is 24.5 Å². The predicted octanol–water partition coefficient (Wildman–Crippen LogP) is 2.95. The van der Waals surface area contributed by atoms with E-state index in [0.717, 1.165) is 5.56 Å². The molecule has 0 saturated carbocycles. The van der Waals surface area contributed by atoms with Crippen LogP contribution in [0.2, 0.25) is 0 Å². The molecule has 0 spiro atoms. The van der Waals surface area contributed by atoms with Crippen LogP contribution in [0, 0.1) is 17.1 Å². The third-order valence-electron chi connectivity index (χ3n) is 3.22. The lowest BCUT2D eigenvalue weighted by Crippen LogP contribution is -2.31. The van der Waals surface area contributed by atoms with Gasteiger partial charge in [-0.2, -0.15) is 5.26 Å². The molecule has 0 aliphatic carbocycles. The van der Waals surface area contributed by atoms with Crippen LogP contribution in [0.25, 0.3) is 0 Å². The summed E-state index contributed by atoms with van der Waals surface area (Å²) in [5.74, 6) is -0.259. The number of nitrogens with zero attached hydrogens (tertiary/aromatic N) is 2. The lowest BCUT2D eigenvalue weighted by atomic mass is 10.0. The van der Waals surface area contributed by atoms with Crippen LogP contribution in [0.3, 0.4) is 0 Å². The van der Waals surface area contributed by atoms with Crippen LogP contribution in [0.15, 0.2) is 42.7 Å². The van der Waals surface area contributed by atoms with Gasteiger partial charge in [-0.3, -0.25) is 4.98 Å². The Morgan fingerprint density at radius 3 is 2.62 bits per heavy atom. The molecule has 2 aromatic rings. The first-order chi connectivity index (χ1) is 10.2. The SMILES string of the molecule is CCC(N)C(Oc1ccc(C#N)c(F)c1)c1ccncc1. The molecule has 0 bridgehead atoms. The van der Waals surface area contributed by atoms with Gasteiger partial charge in [-0.05, 0) is 36.2 Å². The zero-order valence-electron chi connectivity index (χ0n) is 11.7. The molecule has 0 saturated heterocycles. The van der Waals surface area contributed by atoms with Crippen molar-refractivity contribution in [2.75, 3.05) is 0 Å². The van der Waals surface area contributed by atoms with E-state index < -0.39 is 11.9 Å². The van der Waals surface area contributed by atoms with Crippen LogP contribution in [0.4, 0.5) is 4.39 Å². The highest BCUT2D eigenvalue weighted by Gasteiger charge is 2.21. The van der Waals surface area contributed by atoms with E-state index in [-0.39, 0.29) is 11.6 Å². The van der Waals surface area contributed by atoms with Gasteiger partial charge < -0.3 is 10.5 Å². The van der Waals surface area contributed by atoms with Crippen molar-refractivity contribution in [1.82, 2.24) is 4.98 Å². The van der Waals surface area contributed by atoms with Crippen molar-refractivity contribution in [2.45, 2.75) is 25.5 Å². The van der Waals surface area contributed by atoms with Gasteiger partial charge in [-0.1, -0.05) is 6.92 Å². The largest absolute Gasteiger partial charge is 0.484 e. The second kappa shape index (κ2) is 6.82. The van der Waals surface area contributed by atoms with Crippen molar-refractivity contribution in [3.8, 4) is 11.8 Å². The molecule has 21 heavy (non-hydrogen) atoms. The first-order valence-corrected chi connectivity index (χ1v) is 6.67. The molecule has 108 valence electrons. The smallest absolute Gasteiger partial charge is 0.144 e. The summed E-state index contributed by atoms with van der Waals surface area (Å²) in [5, 5.41) is 8.74. The van der Waals surface area contributed by atoms with Crippen LogP contribution in [-0.4, -0.2) is 11.0 Å². The highest BCUT2D eigenvalue weighted by Crippen LogP contribution is 2.26. The number of hydrogen-bond acceptors (Lipinski definition) is 4. The lowest BCUT2D eigenvalue weighted by Gasteiger charge is -2.24. The zero-order valence-corrected chi connectivity index (χ0v) is 11.7.